The van der Waals surface area contributed by atoms with Crippen LogP contribution in [0.4, 0.5) is 8.78 Å². The Kier molecular flexibility index (Phi) is 5.67. The molecular formula is C22H25F2N3O. The highest BCUT2D eigenvalue weighted by atomic mass is 19.2. The van der Waals surface area contributed by atoms with Gasteiger partial charge in [0.25, 0.3) is 0 Å². The summed E-state index contributed by atoms with van der Waals surface area (Å²) in [6.07, 6.45) is 5.69. The average Bonchev–Trinajstić information content (AvgIpc) is 3.55. The number of amides is 1. The molecule has 0 radical (unpaired) electrons. The molecule has 1 aromatic carbocycles. The number of hydrogen-bond acceptors (Lipinski definition) is 3. The number of nitrogens with one attached hydrogen (secondary N) is 1. The Bertz CT molecular complexity index is 826. The van der Waals surface area contributed by atoms with E-state index in [0.717, 1.165) is 50.0 Å². The number of hydrogen-bond donors (Lipinski definition) is 1. The number of rotatable bonds is 6. The van der Waals surface area contributed by atoms with Crippen molar-refractivity contribution in [2.45, 2.75) is 38.3 Å². The molecule has 2 fully saturated rings. The molecule has 2 aromatic rings. The number of aromatic nitrogens is 1. The lowest BCUT2D eigenvalue weighted by molar-refractivity contribution is -0.123. The van der Waals surface area contributed by atoms with Crippen LogP contribution in [-0.4, -0.2) is 28.9 Å². The fraction of sp³-hybridized carbons (Fsp3) is 0.455. The number of piperidine rings is 1. The van der Waals surface area contributed by atoms with Crippen molar-refractivity contribution in [3.63, 3.8) is 0 Å². The lowest BCUT2D eigenvalue weighted by Crippen LogP contribution is -2.43. The van der Waals surface area contributed by atoms with Crippen molar-refractivity contribution >= 4 is 5.91 Å². The van der Waals surface area contributed by atoms with Crippen molar-refractivity contribution in [1.82, 2.24) is 15.2 Å². The highest BCUT2D eigenvalue weighted by Gasteiger charge is 2.35. The maximum atomic E-state index is 13.5. The van der Waals surface area contributed by atoms with Crippen LogP contribution in [0.3, 0.4) is 0 Å². The number of benzene rings is 1. The Morgan fingerprint density at radius 2 is 2.04 bits per heavy atom. The van der Waals surface area contributed by atoms with Gasteiger partial charge in [0.05, 0.1) is 11.7 Å². The molecule has 1 aromatic heterocycles. The Morgan fingerprint density at radius 3 is 2.75 bits per heavy atom. The zero-order valence-electron chi connectivity index (χ0n) is 15.8. The van der Waals surface area contributed by atoms with Gasteiger partial charge in [0.1, 0.15) is 0 Å². The number of pyridine rings is 1. The third-order valence-electron chi connectivity index (χ3n) is 5.66. The van der Waals surface area contributed by atoms with Crippen molar-refractivity contribution < 1.29 is 13.6 Å². The molecule has 1 saturated carbocycles. The van der Waals surface area contributed by atoms with E-state index in [1.54, 1.807) is 12.3 Å². The Balaban J connectivity index is 1.47. The first-order chi connectivity index (χ1) is 13.6. The molecule has 2 atom stereocenters. The van der Waals surface area contributed by atoms with Crippen LogP contribution < -0.4 is 5.32 Å². The Hall–Kier alpha value is -2.34. The topological polar surface area (TPSA) is 45.2 Å². The molecule has 4 nitrogen and oxygen atoms in total. The summed E-state index contributed by atoms with van der Waals surface area (Å²) in [6, 6.07) is 9.74. The van der Waals surface area contributed by atoms with Crippen LogP contribution in [0.2, 0.25) is 0 Å². The normalized spacial score (nSPS) is 21.3. The fourth-order valence-corrected chi connectivity index (χ4v) is 4.01. The van der Waals surface area contributed by atoms with Crippen LogP contribution in [0.1, 0.15) is 43.0 Å². The van der Waals surface area contributed by atoms with E-state index in [0.29, 0.717) is 6.54 Å². The Morgan fingerprint density at radius 1 is 1.18 bits per heavy atom. The van der Waals surface area contributed by atoms with E-state index in [1.807, 2.05) is 18.2 Å². The molecular weight excluding hydrogens is 360 g/mol. The van der Waals surface area contributed by atoms with Crippen LogP contribution in [0.15, 0.2) is 42.6 Å². The predicted octanol–water partition coefficient (Wildman–Crippen LogP) is 3.84. The second-order valence-corrected chi connectivity index (χ2v) is 7.90. The fourth-order valence-electron chi connectivity index (χ4n) is 4.01. The number of likely N-dealkylation sites (tertiary alicyclic amines) is 1. The number of carbonyl (C=O) groups excluding carboxylic acids is 1. The summed E-state index contributed by atoms with van der Waals surface area (Å²) in [5, 5.41) is 3.23. The van der Waals surface area contributed by atoms with Gasteiger partial charge in [0.2, 0.25) is 5.91 Å². The standard InChI is InChI=1S/C22H25F2N3O/c23-18-9-6-15(12-19(18)24)13-27-11-3-4-17(14-27)21(20-5-1-2-10-25-20)26-22(28)16-7-8-16/h1-2,5-6,9-10,12,16-17,21H,3-4,7-8,11,13-14H2,(H,26,28)/t17-,21+/m0/s1. The van der Waals surface area contributed by atoms with Crippen LogP contribution in [0.25, 0.3) is 0 Å². The van der Waals surface area contributed by atoms with Crippen LogP contribution in [-0.2, 0) is 11.3 Å². The van der Waals surface area contributed by atoms with E-state index in [4.69, 9.17) is 0 Å². The van der Waals surface area contributed by atoms with Gasteiger partial charge in [-0.15, -0.1) is 0 Å². The third kappa shape index (κ3) is 4.55. The van der Waals surface area contributed by atoms with Gasteiger partial charge < -0.3 is 5.32 Å². The molecule has 2 aliphatic rings. The molecule has 0 bridgehead atoms. The number of carbonyl (C=O) groups is 1. The van der Waals surface area contributed by atoms with Gasteiger partial charge in [-0.3, -0.25) is 14.7 Å². The van der Waals surface area contributed by atoms with E-state index in [1.165, 1.54) is 12.1 Å². The summed E-state index contributed by atoms with van der Waals surface area (Å²) < 4.78 is 26.7. The SMILES string of the molecule is O=C(N[C@@H](c1ccccn1)[C@H]1CCCN(Cc2ccc(F)c(F)c2)C1)C1CC1. The van der Waals surface area contributed by atoms with Gasteiger partial charge in [-0.05, 0) is 68.0 Å². The maximum Gasteiger partial charge on any atom is 0.223 e. The number of halogens is 2. The monoisotopic (exact) mass is 385 g/mol. The minimum absolute atomic E-state index is 0.119. The molecule has 28 heavy (non-hydrogen) atoms. The first-order valence-corrected chi connectivity index (χ1v) is 9.98. The lowest BCUT2D eigenvalue weighted by Gasteiger charge is -2.37. The van der Waals surface area contributed by atoms with Crippen molar-refractivity contribution in [2.75, 3.05) is 13.1 Å². The van der Waals surface area contributed by atoms with E-state index >= 15 is 0 Å². The van der Waals surface area contributed by atoms with Gasteiger partial charge in [-0.1, -0.05) is 12.1 Å². The van der Waals surface area contributed by atoms with Crippen molar-refractivity contribution in [3.8, 4) is 0 Å². The molecule has 1 aliphatic carbocycles. The van der Waals surface area contributed by atoms with Crippen molar-refractivity contribution in [3.05, 3.63) is 65.5 Å². The first-order valence-electron chi connectivity index (χ1n) is 9.98. The van der Waals surface area contributed by atoms with Crippen molar-refractivity contribution in [2.24, 2.45) is 11.8 Å². The minimum Gasteiger partial charge on any atom is -0.347 e. The highest BCUT2D eigenvalue weighted by molar-refractivity contribution is 5.81. The quantitative estimate of drug-likeness (QED) is 0.822. The number of nitrogens with zero attached hydrogens (tertiary/aromatic N) is 2. The van der Waals surface area contributed by atoms with E-state index in [2.05, 4.69) is 15.2 Å². The summed E-state index contributed by atoms with van der Waals surface area (Å²) in [7, 11) is 0. The molecule has 0 unspecified atom stereocenters. The largest absolute Gasteiger partial charge is 0.347 e. The predicted molar refractivity (Wildman–Crippen MR) is 102 cm³/mol. The van der Waals surface area contributed by atoms with Gasteiger partial charge in [-0.25, -0.2) is 8.78 Å². The van der Waals surface area contributed by atoms with Gasteiger partial charge >= 0.3 is 0 Å². The molecule has 4 rings (SSSR count). The van der Waals surface area contributed by atoms with E-state index in [-0.39, 0.29) is 23.8 Å². The minimum atomic E-state index is -0.821. The third-order valence-corrected chi connectivity index (χ3v) is 5.66. The average molecular weight is 385 g/mol. The molecule has 0 spiro atoms. The summed E-state index contributed by atoms with van der Waals surface area (Å²) in [5.74, 6) is -1.13. The lowest BCUT2D eigenvalue weighted by atomic mass is 9.88. The zero-order chi connectivity index (χ0) is 19.5. The van der Waals surface area contributed by atoms with Crippen LogP contribution >= 0.6 is 0 Å². The van der Waals surface area contributed by atoms with E-state index in [9.17, 15) is 13.6 Å². The molecule has 6 heteroatoms. The van der Waals surface area contributed by atoms with Crippen molar-refractivity contribution in [1.29, 1.82) is 0 Å². The van der Waals surface area contributed by atoms with Gasteiger partial charge in [0, 0.05) is 25.2 Å². The van der Waals surface area contributed by atoms with Crippen LogP contribution in [0.5, 0.6) is 0 Å². The summed E-state index contributed by atoms with van der Waals surface area (Å²) >= 11 is 0. The molecule has 1 saturated heterocycles. The molecule has 2 heterocycles. The zero-order valence-corrected chi connectivity index (χ0v) is 15.8. The second kappa shape index (κ2) is 8.35. The molecule has 1 N–H and O–H groups in total. The smallest absolute Gasteiger partial charge is 0.223 e. The summed E-state index contributed by atoms with van der Waals surface area (Å²) in [6.45, 7) is 2.26. The molecule has 1 amide bonds. The highest BCUT2D eigenvalue weighted by Crippen LogP contribution is 2.33. The summed E-state index contributed by atoms with van der Waals surface area (Å²) in [4.78, 5) is 19.2. The molecule has 1 aliphatic heterocycles. The molecule has 148 valence electrons. The maximum absolute atomic E-state index is 13.5. The summed E-state index contributed by atoms with van der Waals surface area (Å²) in [5.41, 5.74) is 1.65. The van der Waals surface area contributed by atoms with E-state index < -0.39 is 11.6 Å². The van der Waals surface area contributed by atoms with Crippen LogP contribution in [0, 0.1) is 23.5 Å². The van der Waals surface area contributed by atoms with Gasteiger partial charge in [-0.2, -0.15) is 0 Å². The Labute approximate surface area is 164 Å². The second-order valence-electron chi connectivity index (χ2n) is 7.90. The van der Waals surface area contributed by atoms with Gasteiger partial charge in [0.15, 0.2) is 11.6 Å². The first kappa shape index (κ1) is 19.0.